The van der Waals surface area contributed by atoms with Gasteiger partial charge < -0.3 is 10.8 Å². The molecule has 13 heavy (non-hydrogen) atoms. The van der Waals surface area contributed by atoms with Crippen LogP contribution >= 0.6 is 11.8 Å². The fraction of sp³-hybridized carbons (Fsp3) is 0.571. The summed E-state index contributed by atoms with van der Waals surface area (Å²) in [4.78, 5) is 32.8. The van der Waals surface area contributed by atoms with Gasteiger partial charge in [-0.25, -0.2) is 4.79 Å². The highest BCUT2D eigenvalue weighted by molar-refractivity contribution is 8.13. The highest BCUT2D eigenvalue weighted by atomic mass is 32.2. The molecule has 1 aliphatic heterocycles. The molecule has 0 amide bonds. The number of hydrogen-bond donors (Lipinski definition) is 2. The Morgan fingerprint density at radius 2 is 2.08 bits per heavy atom. The maximum absolute atomic E-state index is 11.3. The van der Waals surface area contributed by atoms with Crippen molar-refractivity contribution in [3.05, 3.63) is 0 Å². The molecule has 1 aliphatic rings. The quantitative estimate of drug-likeness (QED) is 0.552. The van der Waals surface area contributed by atoms with Gasteiger partial charge in [0.2, 0.25) is 0 Å². The van der Waals surface area contributed by atoms with E-state index in [9.17, 15) is 14.4 Å². The molecular formula is C7H9NO4S. The van der Waals surface area contributed by atoms with Gasteiger partial charge >= 0.3 is 5.97 Å². The van der Waals surface area contributed by atoms with Crippen LogP contribution in [0.25, 0.3) is 0 Å². The first-order valence-electron chi connectivity index (χ1n) is 3.68. The largest absolute Gasteiger partial charge is 0.480 e. The van der Waals surface area contributed by atoms with Gasteiger partial charge in [0.25, 0.3) is 0 Å². The van der Waals surface area contributed by atoms with Crippen LogP contribution < -0.4 is 5.73 Å². The zero-order valence-corrected chi connectivity index (χ0v) is 7.60. The van der Waals surface area contributed by atoms with Crippen LogP contribution in [0.2, 0.25) is 0 Å². The van der Waals surface area contributed by atoms with Crippen LogP contribution in [-0.2, 0) is 14.4 Å². The van der Waals surface area contributed by atoms with Gasteiger partial charge in [-0.05, 0) is 0 Å². The lowest BCUT2D eigenvalue weighted by Gasteiger charge is -2.19. The molecule has 0 aromatic carbocycles. The SMILES string of the molecule is N[C@]1(C(=O)O)CSC(=O)CCC1=O. The van der Waals surface area contributed by atoms with Crippen LogP contribution in [0.1, 0.15) is 12.8 Å². The molecule has 6 heteroatoms. The summed E-state index contributed by atoms with van der Waals surface area (Å²) in [6.45, 7) is 0. The Labute approximate surface area is 78.7 Å². The first-order chi connectivity index (χ1) is 5.97. The Morgan fingerprint density at radius 3 is 2.62 bits per heavy atom. The fourth-order valence-corrected chi connectivity index (χ4v) is 1.89. The van der Waals surface area contributed by atoms with Crippen LogP contribution in [0.3, 0.4) is 0 Å². The van der Waals surface area contributed by atoms with Crippen LogP contribution in [-0.4, -0.2) is 33.3 Å². The zero-order chi connectivity index (χ0) is 10.1. The van der Waals surface area contributed by atoms with E-state index in [0.29, 0.717) is 0 Å². The van der Waals surface area contributed by atoms with Crippen molar-refractivity contribution in [1.82, 2.24) is 0 Å². The molecule has 0 bridgehead atoms. The molecule has 0 radical (unpaired) electrons. The molecule has 0 unspecified atom stereocenters. The second-order valence-corrected chi connectivity index (χ2v) is 3.89. The number of rotatable bonds is 1. The zero-order valence-electron chi connectivity index (χ0n) is 6.78. The lowest BCUT2D eigenvalue weighted by Crippen LogP contribution is -2.56. The van der Waals surface area contributed by atoms with Gasteiger partial charge in [-0.1, -0.05) is 11.8 Å². The summed E-state index contributed by atoms with van der Waals surface area (Å²) < 4.78 is 0. The second-order valence-electron chi connectivity index (χ2n) is 2.86. The molecule has 0 spiro atoms. The summed E-state index contributed by atoms with van der Waals surface area (Å²) in [5, 5.41) is 8.53. The van der Waals surface area contributed by atoms with Gasteiger partial charge in [0, 0.05) is 18.6 Å². The predicted octanol–water partition coefficient (Wildman–Crippen LogP) is -0.609. The molecule has 72 valence electrons. The fourth-order valence-electron chi connectivity index (χ4n) is 0.967. The van der Waals surface area contributed by atoms with Crippen LogP contribution in [0, 0.1) is 0 Å². The van der Waals surface area contributed by atoms with E-state index in [0.717, 1.165) is 11.8 Å². The highest BCUT2D eigenvalue weighted by Gasteiger charge is 2.43. The minimum Gasteiger partial charge on any atom is -0.480 e. The Hall–Kier alpha value is -0.880. The maximum Gasteiger partial charge on any atom is 0.332 e. The number of carboxylic acid groups (broad SMARTS) is 1. The minimum absolute atomic E-state index is 0.0748. The molecule has 3 N–H and O–H groups in total. The average Bonchev–Trinajstić information content (AvgIpc) is 2.19. The first-order valence-corrected chi connectivity index (χ1v) is 4.66. The third-order valence-electron chi connectivity index (χ3n) is 1.90. The van der Waals surface area contributed by atoms with Crippen molar-refractivity contribution in [2.24, 2.45) is 5.73 Å². The molecule has 1 atom stereocenters. The molecule has 5 nitrogen and oxygen atoms in total. The average molecular weight is 203 g/mol. The maximum atomic E-state index is 11.3. The van der Waals surface area contributed by atoms with Crippen LogP contribution in [0.15, 0.2) is 0 Å². The summed E-state index contributed by atoms with van der Waals surface area (Å²) >= 11 is 0.812. The molecule has 1 rings (SSSR count). The second kappa shape index (κ2) is 3.47. The van der Waals surface area contributed by atoms with Crippen molar-refractivity contribution >= 4 is 28.6 Å². The number of thioether (sulfide) groups is 1. The summed E-state index contributed by atoms with van der Waals surface area (Å²) in [5.74, 6) is -2.10. The Morgan fingerprint density at radius 1 is 1.46 bits per heavy atom. The van der Waals surface area contributed by atoms with E-state index in [1.54, 1.807) is 0 Å². The predicted molar refractivity (Wildman–Crippen MR) is 46.3 cm³/mol. The molecule has 0 saturated carbocycles. The Balaban J connectivity index is 2.90. The number of ketones is 1. The summed E-state index contributed by atoms with van der Waals surface area (Å²) in [6.07, 6.45) is 0.00433. The van der Waals surface area contributed by atoms with E-state index in [1.807, 2.05) is 0 Å². The lowest BCUT2D eigenvalue weighted by atomic mass is 9.95. The van der Waals surface area contributed by atoms with Crippen molar-refractivity contribution < 1.29 is 19.5 Å². The molecule has 1 heterocycles. The van der Waals surface area contributed by atoms with Crippen molar-refractivity contribution in [2.75, 3.05) is 5.75 Å². The molecular weight excluding hydrogens is 194 g/mol. The number of aliphatic carboxylic acids is 1. The molecule has 0 aliphatic carbocycles. The van der Waals surface area contributed by atoms with E-state index in [-0.39, 0.29) is 23.7 Å². The van der Waals surface area contributed by atoms with Gasteiger partial charge in [0.1, 0.15) is 0 Å². The van der Waals surface area contributed by atoms with Crippen LogP contribution in [0.5, 0.6) is 0 Å². The minimum atomic E-state index is -1.88. The lowest BCUT2D eigenvalue weighted by molar-refractivity contribution is -0.147. The molecule has 1 fully saturated rings. The smallest absolute Gasteiger partial charge is 0.332 e. The third-order valence-corrected chi connectivity index (χ3v) is 3.02. The van der Waals surface area contributed by atoms with Crippen molar-refractivity contribution in [2.45, 2.75) is 18.4 Å². The van der Waals surface area contributed by atoms with Gasteiger partial charge in [0.05, 0.1) is 0 Å². The number of carbonyl (C=O) groups is 3. The molecule has 1 saturated heterocycles. The number of carboxylic acids is 1. The number of carbonyl (C=O) groups excluding carboxylic acids is 2. The van der Waals surface area contributed by atoms with Crippen LogP contribution in [0.4, 0.5) is 0 Å². The van der Waals surface area contributed by atoms with E-state index >= 15 is 0 Å². The van der Waals surface area contributed by atoms with Gasteiger partial charge in [-0.3, -0.25) is 9.59 Å². The number of hydrogen-bond acceptors (Lipinski definition) is 5. The Kier molecular flexibility index (Phi) is 2.72. The van der Waals surface area contributed by atoms with Crippen molar-refractivity contribution in [1.29, 1.82) is 0 Å². The van der Waals surface area contributed by atoms with Crippen molar-refractivity contribution in [3.63, 3.8) is 0 Å². The summed E-state index contributed by atoms with van der Waals surface area (Å²) in [7, 11) is 0. The van der Waals surface area contributed by atoms with Gasteiger partial charge in [0.15, 0.2) is 16.4 Å². The Bertz CT molecular complexity index is 278. The van der Waals surface area contributed by atoms with E-state index in [4.69, 9.17) is 10.8 Å². The molecule has 0 aromatic heterocycles. The highest BCUT2D eigenvalue weighted by Crippen LogP contribution is 2.22. The first kappa shape index (κ1) is 10.2. The molecule has 0 aromatic rings. The summed E-state index contributed by atoms with van der Waals surface area (Å²) in [6, 6.07) is 0. The number of nitrogens with two attached hydrogens (primary N) is 1. The van der Waals surface area contributed by atoms with E-state index in [1.165, 1.54) is 0 Å². The topological polar surface area (TPSA) is 97.5 Å². The summed E-state index contributed by atoms with van der Waals surface area (Å²) in [5.41, 5.74) is 3.51. The third kappa shape index (κ3) is 1.89. The monoisotopic (exact) mass is 203 g/mol. The van der Waals surface area contributed by atoms with Crippen molar-refractivity contribution in [3.8, 4) is 0 Å². The van der Waals surface area contributed by atoms with E-state index < -0.39 is 17.3 Å². The van der Waals surface area contributed by atoms with E-state index in [2.05, 4.69) is 0 Å². The normalized spacial score (nSPS) is 29.9. The van der Waals surface area contributed by atoms with Gasteiger partial charge in [-0.2, -0.15) is 0 Å². The van der Waals surface area contributed by atoms with Gasteiger partial charge in [-0.15, -0.1) is 0 Å². The number of Topliss-reactive ketones (excluding diaryl/α,β-unsaturated/α-hetero) is 1. The standard InChI is InChI=1S/C7H9NO4S/c8-7(6(11)12)3-13-5(10)2-1-4(7)9/h1-3,8H2,(H,11,12)/t7-/m1/s1.